The Morgan fingerprint density at radius 2 is 2.50 bits per heavy atom. The second-order valence-electron chi connectivity index (χ2n) is 2.39. The molecule has 0 spiro atoms. The van der Waals surface area contributed by atoms with Crippen LogP contribution in [0.5, 0.6) is 0 Å². The summed E-state index contributed by atoms with van der Waals surface area (Å²) in [7, 11) is 1.59. The molecule has 0 aliphatic carbocycles. The van der Waals surface area contributed by atoms with Gasteiger partial charge in [-0.1, -0.05) is 0 Å². The van der Waals surface area contributed by atoms with Crippen LogP contribution in [0.4, 0.5) is 0 Å². The monoisotopic (exact) mass is 145 g/mol. The lowest BCUT2D eigenvalue weighted by molar-refractivity contribution is -0.139. The topological polar surface area (TPSA) is 58.6 Å². The van der Waals surface area contributed by atoms with Crippen molar-refractivity contribution in [3.63, 3.8) is 0 Å². The van der Waals surface area contributed by atoms with Crippen molar-refractivity contribution in [3.05, 3.63) is 0 Å². The molecule has 0 saturated carbocycles. The van der Waals surface area contributed by atoms with Crippen LogP contribution in [-0.2, 0) is 9.53 Å². The third kappa shape index (κ3) is 1.46. The standard InChI is InChI=1S/C6H11NO3/c1-10-4-2-5(6(8)9)7-3-4/h4-5,7H,2-3H2,1H3,(H,8,9)/t4-,5?/m1/s1. The first-order chi connectivity index (χ1) is 4.74. The lowest BCUT2D eigenvalue weighted by atomic mass is 10.2. The predicted octanol–water partition coefficient (Wildman–Crippen LogP) is -0.552. The van der Waals surface area contributed by atoms with Crippen LogP contribution >= 0.6 is 0 Å². The van der Waals surface area contributed by atoms with Gasteiger partial charge in [-0.25, -0.2) is 0 Å². The number of carboxylic acid groups (broad SMARTS) is 1. The number of hydrogen-bond acceptors (Lipinski definition) is 3. The summed E-state index contributed by atoms with van der Waals surface area (Å²) in [6.45, 7) is 0.646. The van der Waals surface area contributed by atoms with Crippen LogP contribution in [0.3, 0.4) is 0 Å². The van der Waals surface area contributed by atoms with E-state index in [1.165, 1.54) is 0 Å². The van der Waals surface area contributed by atoms with Gasteiger partial charge in [-0.3, -0.25) is 4.79 Å². The van der Waals surface area contributed by atoms with Gasteiger partial charge in [0.2, 0.25) is 0 Å². The molecule has 0 aromatic heterocycles. The summed E-state index contributed by atoms with van der Waals surface area (Å²) >= 11 is 0. The van der Waals surface area contributed by atoms with Gasteiger partial charge in [-0.2, -0.15) is 0 Å². The van der Waals surface area contributed by atoms with Crippen LogP contribution in [0.15, 0.2) is 0 Å². The zero-order valence-electron chi connectivity index (χ0n) is 5.83. The van der Waals surface area contributed by atoms with Gasteiger partial charge >= 0.3 is 5.97 Å². The Labute approximate surface area is 59.2 Å². The van der Waals surface area contributed by atoms with Crippen molar-refractivity contribution in [1.29, 1.82) is 0 Å². The van der Waals surface area contributed by atoms with E-state index in [4.69, 9.17) is 9.84 Å². The molecule has 0 amide bonds. The number of carbonyl (C=O) groups is 1. The van der Waals surface area contributed by atoms with Crippen LogP contribution in [-0.4, -0.2) is 36.9 Å². The maximum Gasteiger partial charge on any atom is 0.320 e. The minimum Gasteiger partial charge on any atom is -0.480 e. The van der Waals surface area contributed by atoms with Crippen LogP contribution in [0.1, 0.15) is 6.42 Å². The second-order valence-corrected chi connectivity index (χ2v) is 2.39. The Kier molecular flexibility index (Phi) is 2.24. The zero-order valence-corrected chi connectivity index (χ0v) is 5.83. The number of hydrogen-bond donors (Lipinski definition) is 2. The third-order valence-electron chi connectivity index (χ3n) is 1.72. The van der Waals surface area contributed by atoms with Crippen molar-refractivity contribution in [1.82, 2.24) is 5.32 Å². The zero-order chi connectivity index (χ0) is 7.56. The number of methoxy groups -OCH3 is 1. The molecule has 1 heterocycles. The molecule has 2 atom stereocenters. The predicted molar refractivity (Wildman–Crippen MR) is 34.8 cm³/mol. The highest BCUT2D eigenvalue weighted by Crippen LogP contribution is 2.08. The fourth-order valence-corrected chi connectivity index (χ4v) is 1.07. The van der Waals surface area contributed by atoms with Gasteiger partial charge in [-0.15, -0.1) is 0 Å². The van der Waals surface area contributed by atoms with E-state index in [1.54, 1.807) is 7.11 Å². The molecule has 4 nitrogen and oxygen atoms in total. The number of carboxylic acids is 1. The summed E-state index contributed by atoms with van der Waals surface area (Å²) in [5, 5.41) is 11.3. The first kappa shape index (κ1) is 7.50. The van der Waals surface area contributed by atoms with Gasteiger partial charge in [0, 0.05) is 20.1 Å². The molecule has 1 fully saturated rings. The molecule has 0 radical (unpaired) electrons. The minimum atomic E-state index is -0.792. The van der Waals surface area contributed by atoms with Crippen molar-refractivity contribution in [3.8, 4) is 0 Å². The first-order valence-electron chi connectivity index (χ1n) is 3.23. The van der Waals surface area contributed by atoms with E-state index >= 15 is 0 Å². The highest BCUT2D eigenvalue weighted by atomic mass is 16.5. The SMILES string of the molecule is CO[C@H]1CNC(C(=O)O)C1. The van der Waals surface area contributed by atoms with E-state index in [-0.39, 0.29) is 6.10 Å². The molecule has 1 unspecified atom stereocenters. The second kappa shape index (κ2) is 2.98. The van der Waals surface area contributed by atoms with Crippen LogP contribution in [0.25, 0.3) is 0 Å². The summed E-state index contributed by atoms with van der Waals surface area (Å²) in [6.07, 6.45) is 0.646. The number of rotatable bonds is 2. The van der Waals surface area contributed by atoms with E-state index in [2.05, 4.69) is 5.32 Å². The Hall–Kier alpha value is -0.610. The lowest BCUT2D eigenvalue weighted by Gasteiger charge is -2.03. The Balaban J connectivity index is 2.35. The van der Waals surface area contributed by atoms with E-state index in [0.29, 0.717) is 13.0 Å². The summed E-state index contributed by atoms with van der Waals surface area (Å²) in [6, 6.07) is -0.412. The maximum absolute atomic E-state index is 10.3. The van der Waals surface area contributed by atoms with Crippen molar-refractivity contribution in [2.45, 2.75) is 18.6 Å². The molecule has 2 N–H and O–H groups in total. The molecule has 0 bridgehead atoms. The van der Waals surface area contributed by atoms with Gasteiger partial charge in [0.05, 0.1) is 6.10 Å². The molecule has 1 saturated heterocycles. The molecule has 0 aromatic carbocycles. The summed E-state index contributed by atoms with van der Waals surface area (Å²) in [4.78, 5) is 10.3. The molecule has 1 rings (SSSR count). The average Bonchev–Trinajstić information content (AvgIpc) is 2.34. The van der Waals surface area contributed by atoms with Gasteiger partial charge < -0.3 is 15.2 Å². The number of nitrogens with one attached hydrogen (secondary N) is 1. The lowest BCUT2D eigenvalue weighted by Crippen LogP contribution is -2.29. The molecule has 1 aliphatic heterocycles. The van der Waals surface area contributed by atoms with E-state index in [0.717, 1.165) is 0 Å². The molecule has 10 heavy (non-hydrogen) atoms. The van der Waals surface area contributed by atoms with Gasteiger partial charge in [-0.05, 0) is 0 Å². The molecule has 1 aliphatic rings. The van der Waals surface area contributed by atoms with Crippen molar-refractivity contribution >= 4 is 5.97 Å². The summed E-state index contributed by atoms with van der Waals surface area (Å²) in [5.41, 5.74) is 0. The van der Waals surface area contributed by atoms with Crippen molar-refractivity contribution in [2.75, 3.05) is 13.7 Å². The van der Waals surface area contributed by atoms with Crippen molar-refractivity contribution in [2.24, 2.45) is 0 Å². The fourth-order valence-electron chi connectivity index (χ4n) is 1.07. The average molecular weight is 145 g/mol. The highest BCUT2D eigenvalue weighted by molar-refractivity contribution is 5.73. The highest BCUT2D eigenvalue weighted by Gasteiger charge is 2.28. The smallest absolute Gasteiger partial charge is 0.320 e. The van der Waals surface area contributed by atoms with Gasteiger partial charge in [0.15, 0.2) is 0 Å². The Bertz CT molecular complexity index is 137. The van der Waals surface area contributed by atoms with Gasteiger partial charge in [0.25, 0.3) is 0 Å². The molecule has 4 heteroatoms. The fraction of sp³-hybridized carbons (Fsp3) is 0.833. The quantitative estimate of drug-likeness (QED) is 0.547. The van der Waals surface area contributed by atoms with E-state index in [9.17, 15) is 4.79 Å². The van der Waals surface area contributed by atoms with Crippen LogP contribution in [0.2, 0.25) is 0 Å². The Morgan fingerprint density at radius 3 is 2.80 bits per heavy atom. The third-order valence-corrected chi connectivity index (χ3v) is 1.72. The first-order valence-corrected chi connectivity index (χ1v) is 3.23. The van der Waals surface area contributed by atoms with E-state index in [1.807, 2.05) is 0 Å². The summed E-state index contributed by atoms with van der Waals surface area (Å²) < 4.78 is 4.97. The van der Waals surface area contributed by atoms with Gasteiger partial charge in [0.1, 0.15) is 6.04 Å². The maximum atomic E-state index is 10.3. The summed E-state index contributed by atoms with van der Waals surface area (Å²) in [5.74, 6) is -0.792. The number of ether oxygens (including phenoxy) is 1. The molecular weight excluding hydrogens is 134 g/mol. The van der Waals surface area contributed by atoms with Crippen molar-refractivity contribution < 1.29 is 14.6 Å². The minimum absolute atomic E-state index is 0.0705. The van der Waals surface area contributed by atoms with Crippen LogP contribution in [0, 0.1) is 0 Å². The largest absolute Gasteiger partial charge is 0.480 e. The molecule has 0 aromatic rings. The molecular formula is C6H11NO3. The molecule has 58 valence electrons. The van der Waals surface area contributed by atoms with Crippen LogP contribution < -0.4 is 5.32 Å². The number of aliphatic carboxylic acids is 1. The Morgan fingerprint density at radius 1 is 1.80 bits per heavy atom. The van der Waals surface area contributed by atoms with E-state index < -0.39 is 12.0 Å². The normalized spacial score (nSPS) is 32.5.